The third-order valence-electron chi connectivity index (χ3n) is 3.66. The minimum absolute atomic E-state index is 0.279. The molecule has 19 heavy (non-hydrogen) atoms. The quantitative estimate of drug-likeness (QED) is 0.850. The van der Waals surface area contributed by atoms with Crippen LogP contribution in [0.2, 0.25) is 0 Å². The number of carbonyl (C=O) groups is 1. The van der Waals surface area contributed by atoms with E-state index in [1.807, 2.05) is 0 Å². The lowest BCUT2D eigenvalue weighted by Crippen LogP contribution is -2.31. The SMILES string of the molecule is COc1ccc(C(=O)O)c(NCC2CCCN2C)c1. The second-order valence-electron chi connectivity index (χ2n) is 4.87. The van der Waals surface area contributed by atoms with E-state index in [1.54, 1.807) is 25.3 Å². The first kappa shape index (κ1) is 13.7. The van der Waals surface area contributed by atoms with E-state index in [2.05, 4.69) is 17.3 Å². The predicted molar refractivity (Wildman–Crippen MR) is 74.1 cm³/mol. The highest BCUT2D eigenvalue weighted by atomic mass is 16.5. The number of carboxylic acid groups (broad SMARTS) is 1. The van der Waals surface area contributed by atoms with Gasteiger partial charge in [0.1, 0.15) is 5.75 Å². The Balaban J connectivity index is 2.10. The summed E-state index contributed by atoms with van der Waals surface area (Å²) in [5.41, 5.74) is 0.897. The van der Waals surface area contributed by atoms with Crippen LogP contribution in [0.1, 0.15) is 23.2 Å². The number of hydrogen-bond donors (Lipinski definition) is 2. The number of nitrogens with zero attached hydrogens (tertiary/aromatic N) is 1. The molecule has 0 bridgehead atoms. The normalized spacial score (nSPS) is 19.4. The van der Waals surface area contributed by atoms with Crippen molar-refractivity contribution < 1.29 is 14.6 Å². The summed E-state index contributed by atoms with van der Waals surface area (Å²) in [7, 11) is 3.67. The van der Waals surface area contributed by atoms with Gasteiger partial charge in [0.05, 0.1) is 18.4 Å². The van der Waals surface area contributed by atoms with Crippen molar-refractivity contribution in [3.05, 3.63) is 23.8 Å². The second-order valence-corrected chi connectivity index (χ2v) is 4.87. The first-order valence-corrected chi connectivity index (χ1v) is 6.47. The summed E-state index contributed by atoms with van der Waals surface area (Å²) in [5.74, 6) is -0.266. The maximum absolute atomic E-state index is 11.2. The third kappa shape index (κ3) is 3.17. The van der Waals surface area contributed by atoms with Crippen molar-refractivity contribution in [3.8, 4) is 5.75 Å². The number of carboxylic acids is 1. The molecule has 1 aromatic carbocycles. The van der Waals surface area contributed by atoms with Crippen LogP contribution < -0.4 is 10.1 Å². The lowest BCUT2D eigenvalue weighted by atomic mass is 10.1. The number of methoxy groups -OCH3 is 1. The standard InChI is InChI=1S/C14H20N2O3/c1-16-7-3-4-10(16)9-15-13-8-11(19-2)5-6-12(13)14(17)18/h5-6,8,10,15H,3-4,7,9H2,1-2H3,(H,17,18). The molecule has 5 heteroatoms. The molecular weight excluding hydrogens is 244 g/mol. The molecule has 0 amide bonds. The molecule has 104 valence electrons. The fourth-order valence-corrected chi connectivity index (χ4v) is 2.45. The molecule has 1 heterocycles. The van der Waals surface area contributed by atoms with Gasteiger partial charge in [-0.3, -0.25) is 0 Å². The summed E-state index contributed by atoms with van der Waals surface area (Å²) in [6, 6.07) is 5.43. The molecule has 1 saturated heterocycles. The van der Waals surface area contributed by atoms with Crippen LogP contribution in [0, 0.1) is 0 Å². The Hall–Kier alpha value is -1.75. The maximum atomic E-state index is 11.2. The second kappa shape index (κ2) is 5.93. The summed E-state index contributed by atoms with van der Waals surface area (Å²) in [6.07, 6.45) is 2.35. The molecule has 1 atom stereocenters. The number of ether oxygens (including phenoxy) is 1. The van der Waals surface area contributed by atoms with E-state index in [-0.39, 0.29) is 5.56 Å². The van der Waals surface area contributed by atoms with E-state index in [4.69, 9.17) is 4.74 Å². The Labute approximate surface area is 113 Å². The summed E-state index contributed by atoms with van der Waals surface area (Å²) in [5, 5.41) is 12.4. The number of nitrogens with one attached hydrogen (secondary N) is 1. The van der Waals surface area contributed by atoms with Gasteiger partial charge in [-0.05, 0) is 38.6 Å². The Bertz CT molecular complexity index is 462. The first-order valence-electron chi connectivity index (χ1n) is 6.47. The minimum Gasteiger partial charge on any atom is -0.497 e. The highest BCUT2D eigenvalue weighted by Crippen LogP contribution is 2.23. The largest absolute Gasteiger partial charge is 0.497 e. The van der Waals surface area contributed by atoms with E-state index in [9.17, 15) is 9.90 Å². The molecule has 1 aliphatic rings. The van der Waals surface area contributed by atoms with Gasteiger partial charge in [0.2, 0.25) is 0 Å². The van der Waals surface area contributed by atoms with Crippen molar-refractivity contribution in [1.29, 1.82) is 0 Å². The lowest BCUT2D eigenvalue weighted by Gasteiger charge is -2.21. The van der Waals surface area contributed by atoms with Crippen molar-refractivity contribution in [2.75, 3.05) is 32.6 Å². The Morgan fingerprint density at radius 2 is 2.37 bits per heavy atom. The average molecular weight is 264 g/mol. The number of anilines is 1. The van der Waals surface area contributed by atoms with Crippen molar-refractivity contribution in [3.63, 3.8) is 0 Å². The average Bonchev–Trinajstić information content (AvgIpc) is 2.81. The number of rotatable bonds is 5. The molecule has 0 aliphatic carbocycles. The van der Waals surface area contributed by atoms with Gasteiger partial charge in [-0.15, -0.1) is 0 Å². The molecule has 1 fully saturated rings. The minimum atomic E-state index is -0.926. The molecule has 0 aromatic heterocycles. The molecule has 1 aromatic rings. The van der Waals surface area contributed by atoms with Crippen LogP contribution in [0.25, 0.3) is 0 Å². The molecule has 2 rings (SSSR count). The van der Waals surface area contributed by atoms with Crippen LogP contribution in [0.4, 0.5) is 5.69 Å². The van der Waals surface area contributed by atoms with E-state index in [0.717, 1.165) is 19.5 Å². The van der Waals surface area contributed by atoms with Crippen molar-refractivity contribution >= 4 is 11.7 Å². The third-order valence-corrected chi connectivity index (χ3v) is 3.66. The topological polar surface area (TPSA) is 61.8 Å². The maximum Gasteiger partial charge on any atom is 0.337 e. The van der Waals surface area contributed by atoms with Gasteiger partial charge in [-0.1, -0.05) is 0 Å². The van der Waals surface area contributed by atoms with Crippen molar-refractivity contribution in [1.82, 2.24) is 4.90 Å². The van der Waals surface area contributed by atoms with E-state index in [0.29, 0.717) is 17.5 Å². The van der Waals surface area contributed by atoms with E-state index < -0.39 is 5.97 Å². The highest BCUT2D eigenvalue weighted by molar-refractivity contribution is 5.94. The zero-order valence-electron chi connectivity index (χ0n) is 11.3. The van der Waals surface area contributed by atoms with Crippen LogP contribution in [-0.4, -0.2) is 49.3 Å². The van der Waals surface area contributed by atoms with E-state index >= 15 is 0 Å². The monoisotopic (exact) mass is 264 g/mol. The summed E-state index contributed by atoms with van der Waals surface area (Å²) < 4.78 is 5.14. The van der Waals surface area contributed by atoms with Crippen LogP contribution >= 0.6 is 0 Å². The van der Waals surface area contributed by atoms with Crippen LogP contribution in [-0.2, 0) is 0 Å². The smallest absolute Gasteiger partial charge is 0.337 e. The Kier molecular flexibility index (Phi) is 4.27. The van der Waals surface area contributed by atoms with Crippen molar-refractivity contribution in [2.24, 2.45) is 0 Å². The number of hydrogen-bond acceptors (Lipinski definition) is 4. The molecule has 0 saturated carbocycles. The number of benzene rings is 1. The molecule has 0 radical (unpaired) electrons. The Morgan fingerprint density at radius 3 is 2.95 bits per heavy atom. The predicted octanol–water partition coefficient (Wildman–Crippen LogP) is 1.90. The zero-order chi connectivity index (χ0) is 13.8. The van der Waals surface area contributed by atoms with Crippen molar-refractivity contribution in [2.45, 2.75) is 18.9 Å². The summed E-state index contributed by atoms with van der Waals surface area (Å²) in [6.45, 7) is 1.86. The van der Waals surface area contributed by atoms with Gasteiger partial charge < -0.3 is 20.1 Å². The first-order chi connectivity index (χ1) is 9.11. The van der Waals surface area contributed by atoms with Crippen LogP contribution in [0.5, 0.6) is 5.75 Å². The highest BCUT2D eigenvalue weighted by Gasteiger charge is 2.21. The van der Waals surface area contributed by atoms with Crippen LogP contribution in [0.15, 0.2) is 18.2 Å². The zero-order valence-corrected chi connectivity index (χ0v) is 11.3. The lowest BCUT2D eigenvalue weighted by molar-refractivity contribution is 0.0698. The van der Waals surface area contributed by atoms with Gasteiger partial charge in [0, 0.05) is 18.7 Å². The van der Waals surface area contributed by atoms with Crippen LogP contribution in [0.3, 0.4) is 0 Å². The summed E-state index contributed by atoms with van der Waals surface area (Å²) in [4.78, 5) is 13.5. The fraction of sp³-hybridized carbons (Fsp3) is 0.500. The number of aromatic carboxylic acids is 1. The summed E-state index contributed by atoms with van der Waals surface area (Å²) >= 11 is 0. The number of likely N-dealkylation sites (N-methyl/N-ethyl adjacent to an activating group) is 1. The molecule has 5 nitrogen and oxygen atoms in total. The molecule has 2 N–H and O–H groups in total. The Morgan fingerprint density at radius 1 is 1.58 bits per heavy atom. The van der Waals surface area contributed by atoms with Gasteiger partial charge in [0.25, 0.3) is 0 Å². The van der Waals surface area contributed by atoms with E-state index in [1.165, 1.54) is 6.42 Å². The fourth-order valence-electron chi connectivity index (χ4n) is 2.45. The molecule has 1 aliphatic heterocycles. The number of likely N-dealkylation sites (tertiary alicyclic amines) is 1. The molecule has 0 spiro atoms. The van der Waals surface area contributed by atoms with Gasteiger partial charge in [-0.25, -0.2) is 4.79 Å². The van der Waals surface area contributed by atoms with Gasteiger partial charge in [0.15, 0.2) is 0 Å². The van der Waals surface area contributed by atoms with Gasteiger partial charge >= 0.3 is 5.97 Å². The van der Waals surface area contributed by atoms with Gasteiger partial charge in [-0.2, -0.15) is 0 Å². The molecule has 1 unspecified atom stereocenters. The molecular formula is C14H20N2O3.